The second-order valence-corrected chi connectivity index (χ2v) is 7.65. The molecule has 32 heavy (non-hydrogen) atoms. The number of amides is 1. The smallest absolute Gasteiger partial charge is 0.230 e. The van der Waals surface area contributed by atoms with Gasteiger partial charge in [0, 0.05) is 37.1 Å². The number of rotatable bonds is 5. The fourth-order valence-electron chi connectivity index (χ4n) is 3.84. The molecule has 1 amide bonds. The highest BCUT2D eigenvalue weighted by Gasteiger charge is 2.27. The minimum atomic E-state index is -0.161. The summed E-state index contributed by atoms with van der Waals surface area (Å²) in [5.41, 5.74) is 1.86. The molecule has 1 aliphatic rings. The number of hydrogen-bond donors (Lipinski definition) is 1. The summed E-state index contributed by atoms with van der Waals surface area (Å²) in [7, 11) is 0. The first-order valence-electron chi connectivity index (χ1n) is 10.5. The van der Waals surface area contributed by atoms with Crippen LogP contribution in [0.2, 0.25) is 0 Å². The number of carbonyl (C=O) groups excluding carboxylic acids is 1. The average Bonchev–Trinajstić information content (AvgIpc) is 3.40. The molecule has 0 spiro atoms. The molecule has 9 heteroatoms. The van der Waals surface area contributed by atoms with E-state index in [0.717, 1.165) is 36.5 Å². The maximum atomic E-state index is 12.9. The third-order valence-corrected chi connectivity index (χ3v) is 5.51. The summed E-state index contributed by atoms with van der Waals surface area (Å²) in [6.45, 7) is 1.44. The van der Waals surface area contributed by atoms with Crippen LogP contribution >= 0.6 is 0 Å². The minimum Gasteiger partial charge on any atom is -0.354 e. The normalized spacial score (nSPS) is 16.0. The molecule has 9 nitrogen and oxygen atoms in total. The van der Waals surface area contributed by atoms with Crippen molar-refractivity contribution in [1.29, 1.82) is 0 Å². The fraction of sp³-hybridized carbons (Fsp3) is 0.217. The van der Waals surface area contributed by atoms with Crippen LogP contribution in [0.1, 0.15) is 12.8 Å². The highest BCUT2D eigenvalue weighted by Crippen LogP contribution is 2.24. The molecule has 0 aliphatic carbocycles. The van der Waals surface area contributed by atoms with E-state index in [1.807, 2.05) is 42.5 Å². The summed E-state index contributed by atoms with van der Waals surface area (Å²) in [6, 6.07) is 15.6. The van der Waals surface area contributed by atoms with E-state index in [1.165, 1.54) is 6.33 Å². The van der Waals surface area contributed by atoms with Crippen molar-refractivity contribution in [3.8, 4) is 17.1 Å². The van der Waals surface area contributed by atoms with Crippen LogP contribution in [0.15, 0.2) is 73.6 Å². The third kappa shape index (κ3) is 4.31. The lowest BCUT2D eigenvalue weighted by atomic mass is 9.97. The minimum absolute atomic E-state index is 0.0566. The monoisotopic (exact) mass is 426 g/mol. The quantitative estimate of drug-likeness (QED) is 0.523. The van der Waals surface area contributed by atoms with Crippen LogP contribution in [0.3, 0.4) is 0 Å². The van der Waals surface area contributed by atoms with Crippen molar-refractivity contribution >= 4 is 17.5 Å². The van der Waals surface area contributed by atoms with Gasteiger partial charge in [0.2, 0.25) is 5.91 Å². The lowest BCUT2D eigenvalue weighted by Crippen LogP contribution is -2.41. The number of nitrogens with zero attached hydrogens (tertiary/aromatic N) is 7. The van der Waals surface area contributed by atoms with Crippen molar-refractivity contribution in [2.45, 2.75) is 12.8 Å². The molecule has 1 N–H and O–H groups in total. The Bertz CT molecular complexity index is 1180. The Morgan fingerprint density at radius 3 is 2.72 bits per heavy atom. The molecular weight excluding hydrogens is 404 g/mol. The van der Waals surface area contributed by atoms with Crippen LogP contribution < -0.4 is 10.2 Å². The van der Waals surface area contributed by atoms with Gasteiger partial charge in [0.15, 0.2) is 5.82 Å². The number of imidazole rings is 1. The highest BCUT2D eigenvalue weighted by atomic mass is 16.2. The van der Waals surface area contributed by atoms with E-state index in [0.29, 0.717) is 18.2 Å². The van der Waals surface area contributed by atoms with Crippen molar-refractivity contribution < 1.29 is 4.79 Å². The van der Waals surface area contributed by atoms with Gasteiger partial charge in [0.1, 0.15) is 24.3 Å². The van der Waals surface area contributed by atoms with E-state index < -0.39 is 0 Å². The first-order chi connectivity index (χ1) is 15.8. The fourth-order valence-corrected chi connectivity index (χ4v) is 3.84. The maximum absolute atomic E-state index is 12.9. The molecule has 4 aromatic rings. The van der Waals surface area contributed by atoms with Crippen molar-refractivity contribution in [2.24, 2.45) is 5.92 Å². The summed E-state index contributed by atoms with van der Waals surface area (Å²) in [5, 5.41) is 11.7. The summed E-state index contributed by atoms with van der Waals surface area (Å²) in [4.78, 5) is 27.5. The molecule has 1 fully saturated rings. The number of benzene rings is 1. The number of piperidine rings is 1. The zero-order valence-corrected chi connectivity index (χ0v) is 17.4. The Balaban J connectivity index is 1.25. The van der Waals surface area contributed by atoms with E-state index in [9.17, 15) is 4.79 Å². The predicted molar refractivity (Wildman–Crippen MR) is 120 cm³/mol. The molecule has 0 saturated carbocycles. The van der Waals surface area contributed by atoms with Gasteiger partial charge in [-0.15, -0.1) is 10.2 Å². The number of anilines is 2. The average molecular weight is 426 g/mol. The maximum Gasteiger partial charge on any atom is 0.230 e. The van der Waals surface area contributed by atoms with Crippen molar-refractivity contribution in [3.05, 3.63) is 73.6 Å². The van der Waals surface area contributed by atoms with Crippen LogP contribution in [-0.2, 0) is 4.79 Å². The Hall–Kier alpha value is -4.14. The van der Waals surface area contributed by atoms with E-state index >= 15 is 0 Å². The molecular formula is C23H22N8O. The van der Waals surface area contributed by atoms with Crippen molar-refractivity contribution in [2.75, 3.05) is 23.3 Å². The Morgan fingerprint density at radius 2 is 1.94 bits per heavy atom. The SMILES string of the molecule is O=C(Nc1cc(-n2ccnc2)ncn1)C1CCCN(c2ccc(-c3ccccc3)nn2)C1. The molecule has 0 radical (unpaired) electrons. The summed E-state index contributed by atoms with van der Waals surface area (Å²) in [6.07, 6.45) is 8.27. The van der Waals surface area contributed by atoms with Gasteiger partial charge in [-0.25, -0.2) is 15.0 Å². The largest absolute Gasteiger partial charge is 0.354 e. The van der Waals surface area contributed by atoms with E-state index in [-0.39, 0.29) is 11.8 Å². The van der Waals surface area contributed by atoms with E-state index in [1.54, 1.807) is 29.4 Å². The number of aromatic nitrogens is 6. The molecule has 1 saturated heterocycles. The molecule has 1 aliphatic heterocycles. The molecule has 5 rings (SSSR count). The highest BCUT2D eigenvalue weighted by molar-refractivity contribution is 5.92. The molecule has 160 valence electrons. The number of nitrogens with one attached hydrogen (secondary N) is 1. The zero-order chi connectivity index (χ0) is 21.8. The molecule has 1 atom stereocenters. The molecule has 3 aromatic heterocycles. The number of carbonyl (C=O) groups is 1. The van der Waals surface area contributed by atoms with Crippen molar-refractivity contribution in [1.82, 2.24) is 29.7 Å². The topological polar surface area (TPSA) is 102 Å². The first-order valence-corrected chi connectivity index (χ1v) is 10.5. The second-order valence-electron chi connectivity index (χ2n) is 7.65. The lowest BCUT2D eigenvalue weighted by molar-refractivity contribution is -0.120. The Morgan fingerprint density at radius 1 is 1.03 bits per heavy atom. The van der Waals surface area contributed by atoms with E-state index in [2.05, 4.69) is 35.4 Å². The molecule has 4 heterocycles. The van der Waals surface area contributed by atoms with Gasteiger partial charge in [-0.1, -0.05) is 30.3 Å². The van der Waals surface area contributed by atoms with Gasteiger partial charge in [-0.3, -0.25) is 9.36 Å². The Kier molecular flexibility index (Phi) is 5.52. The van der Waals surface area contributed by atoms with Crippen LogP contribution in [0.25, 0.3) is 17.1 Å². The van der Waals surface area contributed by atoms with Crippen molar-refractivity contribution in [3.63, 3.8) is 0 Å². The first kappa shape index (κ1) is 19.8. The van der Waals surface area contributed by atoms with Gasteiger partial charge in [0.05, 0.1) is 11.6 Å². The summed E-state index contributed by atoms with van der Waals surface area (Å²) >= 11 is 0. The lowest BCUT2D eigenvalue weighted by Gasteiger charge is -2.32. The summed E-state index contributed by atoms with van der Waals surface area (Å²) < 4.78 is 1.76. The van der Waals surface area contributed by atoms with Gasteiger partial charge in [-0.2, -0.15) is 0 Å². The van der Waals surface area contributed by atoms with Gasteiger partial charge in [-0.05, 0) is 25.0 Å². The predicted octanol–water partition coefficient (Wildman–Crippen LogP) is 2.97. The van der Waals surface area contributed by atoms with E-state index in [4.69, 9.17) is 0 Å². The van der Waals surface area contributed by atoms with Crippen LogP contribution in [0.5, 0.6) is 0 Å². The zero-order valence-electron chi connectivity index (χ0n) is 17.4. The second kappa shape index (κ2) is 8.93. The van der Waals surface area contributed by atoms with Crippen LogP contribution in [-0.4, -0.2) is 48.7 Å². The number of hydrogen-bond acceptors (Lipinski definition) is 7. The van der Waals surface area contributed by atoms with Crippen LogP contribution in [0.4, 0.5) is 11.6 Å². The molecule has 1 aromatic carbocycles. The third-order valence-electron chi connectivity index (χ3n) is 5.51. The standard InChI is InChI=1S/C23H22N8O/c32-23(27-20-13-22(26-15-25-20)31-12-10-24-16-31)18-7-4-11-30(14-18)21-9-8-19(28-29-21)17-5-2-1-3-6-17/h1-3,5-6,8-10,12-13,15-16,18H,4,7,11,14H2,(H,25,26,27,32). The van der Waals surface area contributed by atoms with Crippen LogP contribution in [0, 0.1) is 5.92 Å². The Labute approximate surface area is 185 Å². The van der Waals surface area contributed by atoms with Gasteiger partial charge >= 0.3 is 0 Å². The molecule has 1 unspecified atom stereocenters. The summed E-state index contributed by atoms with van der Waals surface area (Å²) in [5.74, 6) is 1.68. The molecule has 0 bridgehead atoms. The van der Waals surface area contributed by atoms with Gasteiger partial charge < -0.3 is 10.2 Å². The van der Waals surface area contributed by atoms with Gasteiger partial charge in [0.25, 0.3) is 0 Å².